The van der Waals surface area contributed by atoms with Gasteiger partial charge in [-0.15, -0.1) is 11.8 Å². The van der Waals surface area contributed by atoms with Gasteiger partial charge in [0, 0.05) is 20.5 Å². The molecule has 0 saturated carbocycles. The van der Waals surface area contributed by atoms with Crippen molar-refractivity contribution in [1.29, 1.82) is 0 Å². The summed E-state index contributed by atoms with van der Waals surface area (Å²) >= 11 is 13.8. The Kier molecular flexibility index (Phi) is 3.80. The molecule has 0 saturated heterocycles. The molecule has 0 aromatic heterocycles. The highest BCUT2D eigenvalue weighted by atomic mass is 35.5. The lowest BCUT2D eigenvalue weighted by Gasteiger charge is -2.09. The zero-order valence-corrected chi connectivity index (χ0v) is 11.0. The molecule has 0 aliphatic carbocycles. The van der Waals surface area contributed by atoms with Crippen molar-refractivity contribution in [3.63, 3.8) is 0 Å². The zero-order valence-electron chi connectivity index (χ0n) is 8.71. The Hall–Kier alpha value is -0.630. The molecule has 0 aliphatic rings. The molecule has 0 heterocycles. The lowest BCUT2D eigenvalue weighted by Crippen LogP contribution is -1.83. The summed E-state index contributed by atoms with van der Waals surface area (Å²) in [5, 5.41) is 1.35. The zero-order chi connectivity index (χ0) is 11.5. The van der Waals surface area contributed by atoms with Gasteiger partial charge in [0.25, 0.3) is 0 Å². The van der Waals surface area contributed by atoms with Gasteiger partial charge in [0.15, 0.2) is 0 Å². The topological polar surface area (TPSA) is 0 Å². The van der Waals surface area contributed by atoms with Crippen LogP contribution in [0.3, 0.4) is 0 Å². The second-order valence-electron chi connectivity index (χ2n) is 3.32. The first-order valence-electron chi connectivity index (χ1n) is 4.81. The first-order chi connectivity index (χ1) is 7.72. The minimum atomic E-state index is 0.662. The van der Waals surface area contributed by atoms with Crippen LogP contribution in [-0.4, -0.2) is 6.26 Å². The highest BCUT2D eigenvalue weighted by molar-refractivity contribution is 7.98. The summed E-state index contributed by atoms with van der Waals surface area (Å²) in [6.07, 6.45) is 2.06. The van der Waals surface area contributed by atoms with E-state index in [0.717, 1.165) is 11.1 Å². The maximum absolute atomic E-state index is 6.20. The van der Waals surface area contributed by atoms with Crippen LogP contribution in [0.1, 0.15) is 0 Å². The van der Waals surface area contributed by atoms with Crippen molar-refractivity contribution in [3.8, 4) is 11.1 Å². The van der Waals surface area contributed by atoms with E-state index >= 15 is 0 Å². The van der Waals surface area contributed by atoms with E-state index in [4.69, 9.17) is 23.2 Å². The molecule has 0 bridgehead atoms. The van der Waals surface area contributed by atoms with E-state index in [-0.39, 0.29) is 0 Å². The van der Waals surface area contributed by atoms with Crippen molar-refractivity contribution >= 4 is 35.0 Å². The minimum Gasteiger partial charge on any atom is -0.129 e. The normalized spacial score (nSPS) is 10.4. The van der Waals surface area contributed by atoms with Crippen LogP contribution in [0.5, 0.6) is 0 Å². The standard InChI is InChI=1S/C13H10Cl2S/c1-16-13-5-3-2-4-11(13)10-7-6-9(14)8-12(10)15/h2-8H,1H3. The van der Waals surface area contributed by atoms with Crippen molar-refractivity contribution in [3.05, 3.63) is 52.5 Å². The number of hydrogen-bond donors (Lipinski definition) is 0. The van der Waals surface area contributed by atoms with Gasteiger partial charge in [-0.3, -0.25) is 0 Å². The van der Waals surface area contributed by atoms with Gasteiger partial charge in [-0.1, -0.05) is 47.5 Å². The lowest BCUT2D eigenvalue weighted by molar-refractivity contribution is 1.45. The number of thioether (sulfide) groups is 1. The summed E-state index contributed by atoms with van der Waals surface area (Å²) in [5.74, 6) is 0. The third-order valence-electron chi connectivity index (χ3n) is 2.33. The van der Waals surface area contributed by atoms with Crippen molar-refractivity contribution in [2.24, 2.45) is 0 Å². The second kappa shape index (κ2) is 5.13. The average Bonchev–Trinajstić information content (AvgIpc) is 2.29. The van der Waals surface area contributed by atoms with Crippen molar-refractivity contribution < 1.29 is 0 Å². The third kappa shape index (κ3) is 2.37. The molecule has 0 atom stereocenters. The second-order valence-corrected chi connectivity index (χ2v) is 5.02. The Morgan fingerprint density at radius 2 is 1.69 bits per heavy atom. The first kappa shape index (κ1) is 11.8. The minimum absolute atomic E-state index is 0.662. The van der Waals surface area contributed by atoms with E-state index in [1.165, 1.54) is 4.90 Å². The Morgan fingerprint density at radius 3 is 2.38 bits per heavy atom. The van der Waals surface area contributed by atoms with Crippen molar-refractivity contribution in [2.45, 2.75) is 4.90 Å². The highest BCUT2D eigenvalue weighted by Gasteiger charge is 2.07. The maximum atomic E-state index is 6.20. The van der Waals surface area contributed by atoms with E-state index in [2.05, 4.69) is 18.4 Å². The van der Waals surface area contributed by atoms with Gasteiger partial charge in [0.05, 0.1) is 0 Å². The Bertz CT molecular complexity index is 509. The summed E-state index contributed by atoms with van der Waals surface area (Å²) in [5.41, 5.74) is 2.17. The van der Waals surface area contributed by atoms with E-state index in [1.807, 2.05) is 24.3 Å². The summed E-state index contributed by atoms with van der Waals surface area (Å²) in [6.45, 7) is 0. The van der Waals surface area contributed by atoms with Gasteiger partial charge in [0.2, 0.25) is 0 Å². The summed E-state index contributed by atoms with van der Waals surface area (Å²) in [4.78, 5) is 1.21. The van der Waals surface area contributed by atoms with Crippen LogP contribution in [0.25, 0.3) is 11.1 Å². The fraction of sp³-hybridized carbons (Fsp3) is 0.0769. The molecule has 16 heavy (non-hydrogen) atoms. The third-order valence-corrected chi connectivity index (χ3v) is 3.67. The Labute approximate surface area is 110 Å². The smallest absolute Gasteiger partial charge is 0.0499 e. The molecular formula is C13H10Cl2S. The number of benzene rings is 2. The monoisotopic (exact) mass is 268 g/mol. The predicted molar refractivity (Wildman–Crippen MR) is 73.7 cm³/mol. The SMILES string of the molecule is CSc1ccccc1-c1ccc(Cl)cc1Cl. The molecule has 2 aromatic carbocycles. The lowest BCUT2D eigenvalue weighted by atomic mass is 10.1. The fourth-order valence-electron chi connectivity index (χ4n) is 1.58. The Balaban J connectivity index is 2.58. The van der Waals surface area contributed by atoms with Gasteiger partial charge in [-0.25, -0.2) is 0 Å². The molecule has 82 valence electrons. The van der Waals surface area contributed by atoms with Crippen molar-refractivity contribution in [1.82, 2.24) is 0 Å². The first-order valence-corrected chi connectivity index (χ1v) is 6.79. The van der Waals surface area contributed by atoms with E-state index in [1.54, 1.807) is 17.8 Å². The van der Waals surface area contributed by atoms with Gasteiger partial charge < -0.3 is 0 Å². The molecule has 3 heteroatoms. The van der Waals surface area contributed by atoms with Crippen LogP contribution in [-0.2, 0) is 0 Å². The predicted octanol–water partition coefficient (Wildman–Crippen LogP) is 5.38. The molecule has 0 nitrogen and oxygen atoms in total. The van der Waals surface area contributed by atoms with Gasteiger partial charge in [-0.05, 0) is 30.0 Å². The molecule has 0 amide bonds. The Morgan fingerprint density at radius 1 is 0.938 bits per heavy atom. The summed E-state index contributed by atoms with van der Waals surface area (Å²) in [7, 11) is 0. The van der Waals surface area contributed by atoms with Gasteiger partial charge >= 0.3 is 0 Å². The van der Waals surface area contributed by atoms with Gasteiger partial charge in [-0.2, -0.15) is 0 Å². The van der Waals surface area contributed by atoms with E-state index in [9.17, 15) is 0 Å². The molecule has 0 radical (unpaired) electrons. The maximum Gasteiger partial charge on any atom is 0.0499 e. The molecule has 0 spiro atoms. The average molecular weight is 269 g/mol. The summed E-state index contributed by atoms with van der Waals surface area (Å²) < 4.78 is 0. The molecule has 0 fully saturated rings. The quantitative estimate of drug-likeness (QED) is 0.659. The molecule has 2 rings (SSSR count). The largest absolute Gasteiger partial charge is 0.129 e. The van der Waals surface area contributed by atoms with Crippen LogP contribution in [0, 0.1) is 0 Å². The van der Waals surface area contributed by atoms with Crippen LogP contribution in [0.15, 0.2) is 47.4 Å². The molecule has 0 aliphatic heterocycles. The van der Waals surface area contributed by atoms with E-state index < -0.39 is 0 Å². The van der Waals surface area contributed by atoms with E-state index in [0.29, 0.717) is 10.0 Å². The van der Waals surface area contributed by atoms with Crippen LogP contribution >= 0.6 is 35.0 Å². The highest BCUT2D eigenvalue weighted by Crippen LogP contribution is 2.35. The number of halogens is 2. The molecular weight excluding hydrogens is 259 g/mol. The van der Waals surface area contributed by atoms with Crippen LogP contribution < -0.4 is 0 Å². The molecule has 2 aromatic rings. The van der Waals surface area contributed by atoms with Crippen LogP contribution in [0.4, 0.5) is 0 Å². The van der Waals surface area contributed by atoms with Gasteiger partial charge in [0.1, 0.15) is 0 Å². The molecule has 0 unspecified atom stereocenters. The van der Waals surface area contributed by atoms with Crippen LogP contribution in [0.2, 0.25) is 10.0 Å². The number of hydrogen-bond acceptors (Lipinski definition) is 1. The number of rotatable bonds is 2. The summed E-state index contributed by atoms with van der Waals surface area (Å²) in [6, 6.07) is 13.8. The van der Waals surface area contributed by atoms with Crippen molar-refractivity contribution in [2.75, 3.05) is 6.26 Å². The molecule has 0 N–H and O–H groups in total. The fourth-order valence-corrected chi connectivity index (χ4v) is 2.70.